The SMILES string of the molecule is Cc1cc(C#N)ccc1C(=O)OC1COC(Cn2cncn2)(c2ccc(F)cc2F)O1. The summed E-state index contributed by atoms with van der Waals surface area (Å²) < 4.78 is 46.3. The minimum Gasteiger partial charge on any atom is -0.429 e. The van der Waals surface area contributed by atoms with E-state index in [1.807, 2.05) is 6.07 Å². The normalized spacial score (nSPS) is 20.4. The fourth-order valence-electron chi connectivity index (χ4n) is 3.32. The number of benzene rings is 2. The van der Waals surface area contributed by atoms with Gasteiger partial charge in [0.05, 0.1) is 17.2 Å². The molecular formula is C21H16F2N4O4. The number of aromatic nitrogens is 3. The van der Waals surface area contributed by atoms with Crippen molar-refractivity contribution in [3.8, 4) is 6.07 Å². The smallest absolute Gasteiger partial charge is 0.340 e. The van der Waals surface area contributed by atoms with Gasteiger partial charge in [-0.15, -0.1) is 0 Å². The van der Waals surface area contributed by atoms with Gasteiger partial charge in [-0.3, -0.25) is 0 Å². The number of carbonyl (C=O) groups excluding carboxylic acids is 1. The van der Waals surface area contributed by atoms with E-state index in [1.54, 1.807) is 13.0 Å². The number of halogens is 2. The van der Waals surface area contributed by atoms with Gasteiger partial charge in [-0.2, -0.15) is 10.4 Å². The fourth-order valence-corrected chi connectivity index (χ4v) is 3.32. The van der Waals surface area contributed by atoms with Crippen molar-refractivity contribution in [1.29, 1.82) is 5.26 Å². The molecule has 0 amide bonds. The highest BCUT2D eigenvalue weighted by Gasteiger charge is 2.47. The highest BCUT2D eigenvalue weighted by molar-refractivity contribution is 5.91. The predicted octanol–water partition coefficient (Wildman–Crippen LogP) is 2.82. The molecule has 2 unspecified atom stereocenters. The van der Waals surface area contributed by atoms with Crippen molar-refractivity contribution in [2.75, 3.05) is 6.61 Å². The van der Waals surface area contributed by atoms with Crippen LogP contribution in [0.15, 0.2) is 49.1 Å². The van der Waals surface area contributed by atoms with Gasteiger partial charge in [-0.25, -0.2) is 23.2 Å². The quantitative estimate of drug-likeness (QED) is 0.579. The Hall–Kier alpha value is -3.68. The van der Waals surface area contributed by atoms with Crippen molar-refractivity contribution in [2.45, 2.75) is 25.5 Å². The Bertz CT molecular complexity index is 1160. The first-order chi connectivity index (χ1) is 14.9. The van der Waals surface area contributed by atoms with Crippen LogP contribution >= 0.6 is 0 Å². The van der Waals surface area contributed by atoms with Crippen LogP contribution in [0.3, 0.4) is 0 Å². The van der Waals surface area contributed by atoms with E-state index in [9.17, 15) is 13.6 Å². The molecule has 31 heavy (non-hydrogen) atoms. The molecule has 4 rings (SSSR count). The summed E-state index contributed by atoms with van der Waals surface area (Å²) in [7, 11) is 0. The van der Waals surface area contributed by atoms with Crippen molar-refractivity contribution < 1.29 is 27.8 Å². The number of hydrogen-bond acceptors (Lipinski definition) is 7. The summed E-state index contributed by atoms with van der Waals surface area (Å²) in [5, 5.41) is 12.9. The number of nitrogens with zero attached hydrogens (tertiary/aromatic N) is 4. The van der Waals surface area contributed by atoms with Crippen LogP contribution in [0.1, 0.15) is 27.0 Å². The predicted molar refractivity (Wildman–Crippen MR) is 100 cm³/mol. The van der Waals surface area contributed by atoms with Gasteiger partial charge >= 0.3 is 5.97 Å². The second-order valence-corrected chi connectivity index (χ2v) is 6.88. The Morgan fingerprint density at radius 3 is 2.87 bits per heavy atom. The molecule has 0 aliphatic carbocycles. The molecule has 1 aliphatic heterocycles. The largest absolute Gasteiger partial charge is 0.429 e. The van der Waals surface area contributed by atoms with E-state index < -0.39 is 29.7 Å². The molecule has 1 saturated heterocycles. The van der Waals surface area contributed by atoms with Gasteiger partial charge in [0, 0.05) is 11.6 Å². The third kappa shape index (κ3) is 4.14. The Morgan fingerprint density at radius 2 is 2.19 bits per heavy atom. The van der Waals surface area contributed by atoms with Crippen LogP contribution in [0.4, 0.5) is 8.78 Å². The lowest BCUT2D eigenvalue weighted by molar-refractivity contribution is -0.217. The van der Waals surface area contributed by atoms with Gasteiger partial charge in [-0.1, -0.05) is 0 Å². The standard InChI is InChI=1S/C21H16F2N4O4/c1-13-6-14(8-24)2-4-16(13)20(28)30-19-9-29-21(31-19,10-27-12-25-11-26-27)17-5-3-15(22)7-18(17)23/h2-7,11-12,19H,9-10H2,1H3. The third-order valence-electron chi connectivity index (χ3n) is 4.77. The number of aryl methyl sites for hydroxylation is 1. The summed E-state index contributed by atoms with van der Waals surface area (Å²) in [4.78, 5) is 16.4. The Labute approximate surface area is 175 Å². The lowest BCUT2D eigenvalue weighted by atomic mass is 10.0. The fraction of sp³-hybridized carbons (Fsp3) is 0.238. The van der Waals surface area contributed by atoms with Crippen LogP contribution < -0.4 is 0 Å². The van der Waals surface area contributed by atoms with E-state index in [0.29, 0.717) is 17.2 Å². The van der Waals surface area contributed by atoms with Crippen molar-refractivity contribution in [3.63, 3.8) is 0 Å². The molecule has 2 aromatic carbocycles. The van der Waals surface area contributed by atoms with Crippen molar-refractivity contribution in [3.05, 3.63) is 82.9 Å². The van der Waals surface area contributed by atoms with Gasteiger partial charge in [0.25, 0.3) is 0 Å². The van der Waals surface area contributed by atoms with Crippen LogP contribution in [0, 0.1) is 29.9 Å². The van der Waals surface area contributed by atoms with Gasteiger partial charge in [0.2, 0.25) is 12.1 Å². The van der Waals surface area contributed by atoms with Crippen LogP contribution in [-0.2, 0) is 26.5 Å². The summed E-state index contributed by atoms with van der Waals surface area (Å²) in [6.45, 7) is 1.37. The Morgan fingerprint density at radius 1 is 1.35 bits per heavy atom. The average molecular weight is 426 g/mol. The van der Waals surface area contributed by atoms with Gasteiger partial charge < -0.3 is 14.2 Å². The molecule has 1 aliphatic rings. The van der Waals surface area contributed by atoms with E-state index in [0.717, 1.165) is 6.07 Å². The molecule has 3 aromatic rings. The average Bonchev–Trinajstić information content (AvgIpc) is 3.38. The highest BCUT2D eigenvalue weighted by Crippen LogP contribution is 2.38. The molecule has 8 nitrogen and oxygen atoms in total. The molecule has 2 heterocycles. The van der Waals surface area contributed by atoms with Crippen LogP contribution in [0.25, 0.3) is 0 Å². The van der Waals surface area contributed by atoms with Crippen molar-refractivity contribution in [1.82, 2.24) is 14.8 Å². The van der Waals surface area contributed by atoms with E-state index in [1.165, 1.54) is 35.5 Å². The first kappa shape index (κ1) is 20.6. The number of carbonyl (C=O) groups is 1. The van der Waals surface area contributed by atoms with Crippen LogP contribution in [0.5, 0.6) is 0 Å². The highest BCUT2D eigenvalue weighted by atomic mass is 19.1. The maximum Gasteiger partial charge on any atom is 0.340 e. The number of ether oxygens (including phenoxy) is 3. The molecule has 1 fully saturated rings. The minimum absolute atomic E-state index is 0.0718. The van der Waals surface area contributed by atoms with E-state index in [2.05, 4.69) is 10.1 Å². The monoisotopic (exact) mass is 426 g/mol. The summed E-state index contributed by atoms with van der Waals surface area (Å²) in [5.74, 6) is -4.04. The number of esters is 1. The second kappa shape index (κ2) is 8.22. The third-order valence-corrected chi connectivity index (χ3v) is 4.77. The summed E-state index contributed by atoms with van der Waals surface area (Å²) >= 11 is 0. The molecule has 1 aromatic heterocycles. The second-order valence-electron chi connectivity index (χ2n) is 6.88. The molecule has 0 radical (unpaired) electrons. The molecule has 0 saturated carbocycles. The Kier molecular flexibility index (Phi) is 5.46. The molecule has 2 atom stereocenters. The lowest BCUT2D eigenvalue weighted by Crippen LogP contribution is -2.35. The molecule has 158 valence electrons. The number of rotatable bonds is 5. The minimum atomic E-state index is -1.71. The molecular weight excluding hydrogens is 410 g/mol. The zero-order chi connectivity index (χ0) is 22.0. The van der Waals surface area contributed by atoms with Crippen molar-refractivity contribution >= 4 is 5.97 Å². The maximum atomic E-state index is 14.6. The van der Waals surface area contributed by atoms with Crippen LogP contribution in [-0.4, -0.2) is 33.6 Å². The lowest BCUT2D eigenvalue weighted by Gasteiger charge is -2.28. The molecule has 0 bridgehead atoms. The van der Waals surface area contributed by atoms with Gasteiger partial charge in [0.1, 0.15) is 37.4 Å². The van der Waals surface area contributed by atoms with Crippen LogP contribution in [0.2, 0.25) is 0 Å². The molecule has 0 spiro atoms. The zero-order valence-electron chi connectivity index (χ0n) is 16.3. The van der Waals surface area contributed by atoms with Gasteiger partial charge in [-0.05, 0) is 42.8 Å². The zero-order valence-corrected chi connectivity index (χ0v) is 16.3. The summed E-state index contributed by atoms with van der Waals surface area (Å²) in [5.41, 5.74) is 1.15. The topological polar surface area (TPSA) is 99.3 Å². The number of hydrogen-bond donors (Lipinski definition) is 0. The van der Waals surface area contributed by atoms with E-state index >= 15 is 0 Å². The first-order valence-corrected chi connectivity index (χ1v) is 9.22. The van der Waals surface area contributed by atoms with E-state index in [4.69, 9.17) is 19.5 Å². The Balaban J connectivity index is 1.58. The first-order valence-electron chi connectivity index (χ1n) is 9.22. The summed E-state index contributed by atoms with van der Waals surface area (Å²) in [6, 6.07) is 9.53. The molecule has 10 heteroatoms. The van der Waals surface area contributed by atoms with E-state index in [-0.39, 0.29) is 24.3 Å². The molecule has 0 N–H and O–H groups in total. The van der Waals surface area contributed by atoms with Gasteiger partial charge in [0.15, 0.2) is 0 Å². The number of nitriles is 1. The maximum absolute atomic E-state index is 14.6. The van der Waals surface area contributed by atoms with Crippen molar-refractivity contribution in [2.24, 2.45) is 0 Å². The summed E-state index contributed by atoms with van der Waals surface area (Å²) in [6.07, 6.45) is 1.51.